The van der Waals surface area contributed by atoms with Crippen LogP contribution in [0.4, 0.5) is 0 Å². The molecule has 2 aromatic carbocycles. The molecule has 1 aliphatic rings. The SMILES string of the molecule is CC(=O)c1ccc2c(c1)/C(=C/CC[NH+](C)C)c1ccccc1S2.[Cl-]. The zero-order valence-corrected chi connectivity index (χ0v) is 15.8. The Balaban J connectivity index is 0.00000208. The summed E-state index contributed by atoms with van der Waals surface area (Å²) >= 11 is 1.79. The lowest BCUT2D eigenvalue weighted by Gasteiger charge is -2.22. The summed E-state index contributed by atoms with van der Waals surface area (Å²) in [7, 11) is 4.34. The molecule has 2 aromatic rings. The van der Waals surface area contributed by atoms with Crippen LogP contribution in [-0.2, 0) is 0 Å². The molecule has 1 N–H and O–H groups in total. The third-order valence-corrected chi connectivity index (χ3v) is 5.22. The molecule has 0 saturated carbocycles. The van der Waals surface area contributed by atoms with Gasteiger partial charge in [-0.15, -0.1) is 0 Å². The number of Topliss-reactive ketones (excluding diaryl/α,β-unsaturated/α-hetero) is 1. The lowest BCUT2D eigenvalue weighted by atomic mass is 9.94. The second-order valence-corrected chi connectivity index (χ2v) is 7.31. The van der Waals surface area contributed by atoms with Crippen molar-refractivity contribution in [1.29, 1.82) is 0 Å². The molecule has 0 aromatic heterocycles. The fourth-order valence-electron chi connectivity index (χ4n) is 2.82. The molecule has 2 nitrogen and oxygen atoms in total. The predicted octanol–water partition coefficient (Wildman–Crippen LogP) is 0.324. The minimum Gasteiger partial charge on any atom is -1.00 e. The molecule has 1 heterocycles. The van der Waals surface area contributed by atoms with Crippen LogP contribution in [0.2, 0.25) is 0 Å². The van der Waals surface area contributed by atoms with Crippen molar-refractivity contribution in [3.05, 3.63) is 65.2 Å². The zero-order valence-electron chi connectivity index (χ0n) is 14.2. The molecule has 24 heavy (non-hydrogen) atoms. The number of ketones is 1. The Labute approximate surface area is 154 Å². The standard InChI is InChI=1S/C20H21NOS.ClH/c1-14(22)15-10-11-20-18(13-15)16(8-6-12-21(2)3)17-7-4-5-9-19(17)23-20;/h4-5,7-11,13H,6,12H2,1-3H3;1H/b16-8+;. The maximum Gasteiger partial charge on any atom is 0.159 e. The Hall–Kier alpha value is -1.55. The molecular formula is C20H22ClNOS. The number of quaternary nitrogens is 1. The van der Waals surface area contributed by atoms with Gasteiger partial charge in [0.25, 0.3) is 0 Å². The third-order valence-electron chi connectivity index (χ3n) is 4.07. The fraction of sp³-hybridized carbons (Fsp3) is 0.250. The summed E-state index contributed by atoms with van der Waals surface area (Å²) < 4.78 is 0. The molecular weight excluding hydrogens is 338 g/mol. The monoisotopic (exact) mass is 359 g/mol. The van der Waals surface area contributed by atoms with Crippen LogP contribution in [-0.4, -0.2) is 26.4 Å². The van der Waals surface area contributed by atoms with E-state index in [1.807, 2.05) is 6.07 Å². The van der Waals surface area contributed by atoms with Gasteiger partial charge in [0.1, 0.15) is 0 Å². The van der Waals surface area contributed by atoms with E-state index in [1.165, 1.54) is 31.4 Å². The van der Waals surface area contributed by atoms with Crippen LogP contribution in [0.3, 0.4) is 0 Å². The molecule has 1 aliphatic heterocycles. The smallest absolute Gasteiger partial charge is 0.159 e. The largest absolute Gasteiger partial charge is 1.00 e. The average Bonchev–Trinajstić information content (AvgIpc) is 2.53. The summed E-state index contributed by atoms with van der Waals surface area (Å²) in [5.74, 6) is 0.119. The normalized spacial score (nSPS) is 14.1. The summed E-state index contributed by atoms with van der Waals surface area (Å²) in [6.07, 6.45) is 3.36. The number of benzene rings is 2. The Morgan fingerprint density at radius 2 is 1.79 bits per heavy atom. The van der Waals surface area contributed by atoms with Gasteiger partial charge in [-0.25, -0.2) is 0 Å². The molecule has 3 rings (SSSR count). The van der Waals surface area contributed by atoms with Crippen molar-refractivity contribution in [2.45, 2.75) is 23.1 Å². The van der Waals surface area contributed by atoms with Crippen LogP contribution >= 0.6 is 11.8 Å². The van der Waals surface area contributed by atoms with E-state index in [2.05, 4.69) is 56.6 Å². The molecule has 0 bridgehead atoms. The second-order valence-electron chi connectivity index (χ2n) is 6.23. The summed E-state index contributed by atoms with van der Waals surface area (Å²) in [6, 6.07) is 14.6. The molecule has 4 heteroatoms. The lowest BCUT2D eigenvalue weighted by molar-refractivity contribution is -0.857. The van der Waals surface area contributed by atoms with Gasteiger partial charge in [-0.3, -0.25) is 4.79 Å². The highest BCUT2D eigenvalue weighted by atomic mass is 35.5. The van der Waals surface area contributed by atoms with Crippen LogP contribution < -0.4 is 17.3 Å². The molecule has 0 spiro atoms. The van der Waals surface area contributed by atoms with Crippen molar-refractivity contribution in [3.63, 3.8) is 0 Å². The molecule has 0 amide bonds. The van der Waals surface area contributed by atoms with Crippen molar-refractivity contribution in [3.8, 4) is 0 Å². The van der Waals surface area contributed by atoms with Crippen LogP contribution in [0.1, 0.15) is 34.8 Å². The van der Waals surface area contributed by atoms with Gasteiger partial charge in [-0.2, -0.15) is 0 Å². The summed E-state index contributed by atoms with van der Waals surface area (Å²) in [5, 5.41) is 0. The Kier molecular flexibility index (Phi) is 6.27. The number of halogens is 1. The zero-order chi connectivity index (χ0) is 16.4. The number of fused-ring (bicyclic) bond motifs is 2. The molecule has 0 atom stereocenters. The van der Waals surface area contributed by atoms with Gasteiger partial charge >= 0.3 is 0 Å². The minimum atomic E-state index is 0. The van der Waals surface area contributed by atoms with Crippen LogP contribution in [0.5, 0.6) is 0 Å². The molecule has 0 aliphatic carbocycles. The lowest BCUT2D eigenvalue weighted by Crippen LogP contribution is -3.05. The van der Waals surface area contributed by atoms with Crippen molar-refractivity contribution >= 4 is 23.1 Å². The van der Waals surface area contributed by atoms with E-state index >= 15 is 0 Å². The highest BCUT2D eigenvalue weighted by molar-refractivity contribution is 7.99. The first-order valence-electron chi connectivity index (χ1n) is 7.98. The van der Waals surface area contributed by atoms with Crippen molar-refractivity contribution < 1.29 is 22.1 Å². The van der Waals surface area contributed by atoms with E-state index in [1.54, 1.807) is 18.7 Å². The van der Waals surface area contributed by atoms with E-state index in [9.17, 15) is 4.79 Å². The number of hydrogen-bond acceptors (Lipinski definition) is 2. The van der Waals surface area contributed by atoms with E-state index in [4.69, 9.17) is 0 Å². The van der Waals surface area contributed by atoms with Crippen LogP contribution in [0, 0.1) is 0 Å². The van der Waals surface area contributed by atoms with E-state index < -0.39 is 0 Å². The third kappa shape index (κ3) is 3.92. The first-order valence-corrected chi connectivity index (χ1v) is 8.79. The maximum absolute atomic E-state index is 11.8. The minimum absolute atomic E-state index is 0. The van der Waals surface area contributed by atoms with E-state index in [-0.39, 0.29) is 18.2 Å². The number of carbonyl (C=O) groups is 1. The van der Waals surface area contributed by atoms with Gasteiger partial charge in [0.05, 0.1) is 20.6 Å². The summed E-state index contributed by atoms with van der Waals surface area (Å²) in [6.45, 7) is 2.73. The van der Waals surface area contributed by atoms with Gasteiger partial charge in [0.15, 0.2) is 5.78 Å². The number of hydrogen-bond donors (Lipinski definition) is 1. The summed E-state index contributed by atoms with van der Waals surface area (Å²) in [4.78, 5) is 15.7. The molecule has 0 fully saturated rings. The van der Waals surface area contributed by atoms with Crippen molar-refractivity contribution in [1.82, 2.24) is 0 Å². The average molecular weight is 360 g/mol. The number of rotatable bonds is 4. The van der Waals surface area contributed by atoms with Gasteiger partial charge in [-0.1, -0.05) is 42.1 Å². The van der Waals surface area contributed by atoms with Gasteiger partial charge in [-0.05, 0) is 41.8 Å². The second kappa shape index (κ2) is 8.02. The first-order chi connectivity index (χ1) is 11.1. The number of nitrogens with one attached hydrogen (secondary N) is 1. The quantitative estimate of drug-likeness (QED) is 0.678. The first kappa shape index (κ1) is 18.8. The molecule has 0 radical (unpaired) electrons. The van der Waals surface area contributed by atoms with Crippen LogP contribution in [0.15, 0.2) is 58.3 Å². The highest BCUT2D eigenvalue weighted by Crippen LogP contribution is 2.45. The van der Waals surface area contributed by atoms with Gasteiger partial charge in [0.2, 0.25) is 0 Å². The topological polar surface area (TPSA) is 21.5 Å². The predicted molar refractivity (Wildman–Crippen MR) is 96.4 cm³/mol. The van der Waals surface area contributed by atoms with E-state index in [0.29, 0.717) is 0 Å². The molecule has 126 valence electrons. The Morgan fingerprint density at radius 1 is 1.08 bits per heavy atom. The van der Waals surface area contributed by atoms with Crippen LogP contribution in [0.25, 0.3) is 5.57 Å². The fourth-order valence-corrected chi connectivity index (χ4v) is 3.90. The highest BCUT2D eigenvalue weighted by Gasteiger charge is 2.21. The molecule has 0 saturated heterocycles. The number of carbonyl (C=O) groups excluding carboxylic acids is 1. The van der Waals surface area contributed by atoms with E-state index in [0.717, 1.165) is 18.5 Å². The Morgan fingerprint density at radius 3 is 2.50 bits per heavy atom. The van der Waals surface area contributed by atoms with Crippen molar-refractivity contribution in [2.75, 3.05) is 20.6 Å². The maximum atomic E-state index is 11.8. The summed E-state index contributed by atoms with van der Waals surface area (Å²) in [5.41, 5.74) is 4.51. The van der Waals surface area contributed by atoms with Gasteiger partial charge < -0.3 is 17.3 Å². The Bertz CT molecular complexity index is 783. The van der Waals surface area contributed by atoms with Crippen molar-refractivity contribution in [2.24, 2.45) is 0 Å². The molecule has 0 unspecified atom stereocenters. The van der Waals surface area contributed by atoms with Gasteiger partial charge in [0, 0.05) is 21.8 Å².